The van der Waals surface area contributed by atoms with Crippen LogP contribution in [0.3, 0.4) is 0 Å². The molecule has 0 saturated heterocycles. The highest BCUT2D eigenvalue weighted by atomic mass is 32.2. The zero-order chi connectivity index (χ0) is 23.0. The zero-order valence-corrected chi connectivity index (χ0v) is 18.7. The van der Waals surface area contributed by atoms with Crippen LogP contribution >= 0.6 is 10.5 Å². The van der Waals surface area contributed by atoms with Gasteiger partial charge in [0.25, 0.3) is 0 Å². The number of terminal acetylenes is 1. The lowest BCUT2D eigenvalue weighted by atomic mass is 9.96. The number of ether oxygens (including phenoxy) is 1. The van der Waals surface area contributed by atoms with E-state index in [0.29, 0.717) is 5.56 Å². The van der Waals surface area contributed by atoms with E-state index in [1.807, 2.05) is 12.1 Å². The van der Waals surface area contributed by atoms with Gasteiger partial charge in [-0.2, -0.15) is 0 Å². The second kappa shape index (κ2) is 8.20. The molecule has 4 heteroatoms. The Morgan fingerprint density at radius 1 is 0.848 bits per heavy atom. The van der Waals surface area contributed by atoms with Gasteiger partial charge in [-0.1, -0.05) is 48.4 Å². The molecule has 4 aromatic carbocycles. The molecule has 1 aromatic heterocycles. The number of rotatable bonds is 4. The van der Waals surface area contributed by atoms with E-state index >= 15 is 0 Å². The molecule has 0 saturated carbocycles. The minimum absolute atomic E-state index is 0.151. The summed E-state index contributed by atoms with van der Waals surface area (Å²) < 4.78 is 22.5. The Bertz CT molecular complexity index is 1490. The highest BCUT2D eigenvalue weighted by Gasteiger charge is 2.32. The van der Waals surface area contributed by atoms with Gasteiger partial charge in [-0.15, -0.1) is 6.42 Å². The molecule has 2 nitrogen and oxygen atoms in total. The molecular formula is C29H20FO2S+. The van der Waals surface area contributed by atoms with Gasteiger partial charge in [0.15, 0.2) is 19.9 Å². The lowest BCUT2D eigenvalue weighted by molar-refractivity contribution is 0.0118. The normalized spacial score (nSPS) is 12.9. The molecule has 0 N–H and O–H groups in total. The number of carbonyl (C=O) groups excluding carboxylic acids is 1. The van der Waals surface area contributed by atoms with Crippen molar-refractivity contribution < 1.29 is 13.9 Å². The molecule has 0 radical (unpaired) electrons. The standard InChI is InChI=1S/C29H20FO2S/c1-3-29(2,24-12-6-7-13-25(24)30)32-28(31)20-16-18-21(19-17-20)33-26-14-8-4-10-22(26)23-11-5-9-15-27(23)33/h1,4-19H,2H3/q+1. The van der Waals surface area contributed by atoms with Crippen LogP contribution in [0.25, 0.3) is 25.1 Å². The molecule has 1 atom stereocenters. The van der Waals surface area contributed by atoms with Gasteiger partial charge in [-0.05, 0) is 61.5 Å². The molecule has 0 aliphatic rings. The van der Waals surface area contributed by atoms with E-state index < -0.39 is 17.4 Å². The summed E-state index contributed by atoms with van der Waals surface area (Å²) in [5, 5.41) is 2.49. The molecule has 0 aliphatic heterocycles. The van der Waals surface area contributed by atoms with Crippen molar-refractivity contribution in [1.82, 2.24) is 0 Å². The van der Waals surface area contributed by atoms with Gasteiger partial charge in [0, 0.05) is 26.8 Å². The average molecular weight is 452 g/mol. The van der Waals surface area contributed by atoms with Gasteiger partial charge in [-0.3, -0.25) is 0 Å². The van der Waals surface area contributed by atoms with E-state index in [0.717, 1.165) is 4.90 Å². The minimum Gasteiger partial charge on any atom is -0.438 e. The van der Waals surface area contributed by atoms with Crippen molar-refractivity contribution in [2.24, 2.45) is 0 Å². The fourth-order valence-electron chi connectivity index (χ4n) is 4.09. The number of benzene rings is 4. The molecule has 1 heterocycles. The molecule has 5 rings (SSSR count). The van der Waals surface area contributed by atoms with E-state index in [1.165, 1.54) is 39.2 Å². The first kappa shape index (κ1) is 20.9. The predicted octanol–water partition coefficient (Wildman–Crippen LogP) is 7.58. The van der Waals surface area contributed by atoms with Gasteiger partial charge in [0.05, 0.1) is 5.56 Å². The summed E-state index contributed by atoms with van der Waals surface area (Å²) in [6, 6.07) is 30.3. The summed E-state index contributed by atoms with van der Waals surface area (Å²) in [6.45, 7) is 1.52. The molecule has 0 fully saturated rings. The van der Waals surface area contributed by atoms with Crippen LogP contribution in [0.2, 0.25) is 0 Å². The summed E-state index contributed by atoms with van der Waals surface area (Å²) in [7, 11) is -0.250. The number of hydrogen-bond donors (Lipinski definition) is 0. The molecule has 0 aliphatic carbocycles. The summed E-state index contributed by atoms with van der Waals surface area (Å²) in [5.41, 5.74) is -0.995. The number of carbonyl (C=O) groups is 1. The second-order valence-electron chi connectivity index (χ2n) is 7.87. The Kier molecular flexibility index (Phi) is 5.20. The average Bonchev–Trinajstić information content (AvgIpc) is 3.19. The third kappa shape index (κ3) is 3.57. The van der Waals surface area contributed by atoms with Crippen molar-refractivity contribution in [2.75, 3.05) is 0 Å². The lowest BCUT2D eigenvalue weighted by Crippen LogP contribution is -2.28. The summed E-state index contributed by atoms with van der Waals surface area (Å²) in [4.78, 5) is 14.0. The third-order valence-electron chi connectivity index (χ3n) is 5.79. The lowest BCUT2D eigenvalue weighted by Gasteiger charge is -2.24. The topological polar surface area (TPSA) is 26.3 Å². The Hall–Kier alpha value is -3.94. The molecule has 1 unspecified atom stereocenters. The van der Waals surface area contributed by atoms with Crippen LogP contribution in [0.4, 0.5) is 4.39 Å². The van der Waals surface area contributed by atoms with Crippen LogP contribution in [0.5, 0.6) is 0 Å². The van der Waals surface area contributed by atoms with Gasteiger partial charge in [0.2, 0.25) is 0 Å². The van der Waals surface area contributed by atoms with Gasteiger partial charge >= 0.3 is 5.97 Å². The molecule has 5 aromatic rings. The van der Waals surface area contributed by atoms with Crippen LogP contribution in [0, 0.1) is 18.2 Å². The van der Waals surface area contributed by atoms with Crippen molar-refractivity contribution in [3.8, 4) is 17.2 Å². The first-order valence-corrected chi connectivity index (χ1v) is 11.7. The van der Waals surface area contributed by atoms with Crippen molar-refractivity contribution in [3.63, 3.8) is 0 Å². The van der Waals surface area contributed by atoms with Crippen LogP contribution < -0.4 is 0 Å². The number of esters is 1. The van der Waals surface area contributed by atoms with E-state index in [4.69, 9.17) is 11.2 Å². The maximum atomic E-state index is 14.3. The summed E-state index contributed by atoms with van der Waals surface area (Å²) in [6.07, 6.45) is 5.64. The van der Waals surface area contributed by atoms with E-state index in [1.54, 1.807) is 24.3 Å². The SMILES string of the molecule is C#CC(C)(OC(=O)c1ccc(-[s+]2c3ccccc3c3ccccc32)cc1)c1ccccc1F. The number of thiophene rings is 1. The van der Waals surface area contributed by atoms with Crippen molar-refractivity contribution >= 4 is 36.6 Å². The van der Waals surface area contributed by atoms with Gasteiger partial charge < -0.3 is 4.74 Å². The van der Waals surface area contributed by atoms with Crippen LogP contribution in [-0.2, 0) is 10.3 Å². The second-order valence-corrected chi connectivity index (χ2v) is 9.83. The van der Waals surface area contributed by atoms with Gasteiger partial charge in [0.1, 0.15) is 5.82 Å². The monoisotopic (exact) mass is 451 g/mol. The van der Waals surface area contributed by atoms with Crippen molar-refractivity contribution in [2.45, 2.75) is 12.5 Å². The van der Waals surface area contributed by atoms with E-state index in [9.17, 15) is 9.18 Å². The molecule has 0 bridgehead atoms. The fraction of sp³-hybridized carbons (Fsp3) is 0.0690. The number of halogens is 1. The summed E-state index contributed by atoms with van der Waals surface area (Å²) in [5.74, 6) is 1.32. The minimum atomic E-state index is -1.51. The Morgan fingerprint density at radius 3 is 1.97 bits per heavy atom. The molecule has 0 amide bonds. The van der Waals surface area contributed by atoms with E-state index in [-0.39, 0.29) is 16.0 Å². The highest BCUT2D eigenvalue weighted by Crippen LogP contribution is 2.48. The highest BCUT2D eigenvalue weighted by molar-refractivity contribution is 7.50. The zero-order valence-electron chi connectivity index (χ0n) is 17.9. The Morgan fingerprint density at radius 2 is 1.39 bits per heavy atom. The molecule has 33 heavy (non-hydrogen) atoms. The first-order valence-electron chi connectivity index (χ1n) is 10.5. The predicted molar refractivity (Wildman–Crippen MR) is 133 cm³/mol. The van der Waals surface area contributed by atoms with Crippen molar-refractivity contribution in [3.05, 3.63) is 114 Å². The third-order valence-corrected chi connectivity index (χ3v) is 8.13. The van der Waals surface area contributed by atoms with Crippen LogP contribution in [0.1, 0.15) is 22.8 Å². The van der Waals surface area contributed by atoms with E-state index in [2.05, 4.69) is 54.5 Å². The van der Waals surface area contributed by atoms with Crippen LogP contribution in [-0.4, -0.2) is 5.97 Å². The largest absolute Gasteiger partial charge is 0.438 e. The summed E-state index contributed by atoms with van der Waals surface area (Å²) >= 11 is 0. The maximum Gasteiger partial charge on any atom is 0.339 e. The molecular weight excluding hydrogens is 431 g/mol. The van der Waals surface area contributed by atoms with Crippen LogP contribution in [0.15, 0.2) is 97.1 Å². The number of fused-ring (bicyclic) bond motifs is 3. The number of hydrogen-bond acceptors (Lipinski definition) is 2. The molecule has 160 valence electrons. The Balaban J connectivity index is 1.50. The smallest absolute Gasteiger partial charge is 0.339 e. The quantitative estimate of drug-likeness (QED) is 0.160. The van der Waals surface area contributed by atoms with Crippen molar-refractivity contribution in [1.29, 1.82) is 0 Å². The van der Waals surface area contributed by atoms with Gasteiger partial charge in [-0.25, -0.2) is 9.18 Å². The fourth-order valence-corrected chi connectivity index (χ4v) is 6.47. The molecule has 0 spiro atoms. The Labute approximate surface area is 194 Å². The maximum absolute atomic E-state index is 14.3. The first-order chi connectivity index (χ1) is 16.0.